The van der Waals surface area contributed by atoms with E-state index >= 15 is 0 Å². The lowest BCUT2D eigenvalue weighted by Gasteiger charge is -2.10. The molecule has 1 aromatic heterocycles. The molecule has 1 heterocycles. The molecular formula is C21H19F3N2O4. The van der Waals surface area contributed by atoms with Crippen molar-refractivity contribution in [2.75, 3.05) is 6.61 Å². The lowest BCUT2D eigenvalue weighted by atomic mass is 10.1. The molecule has 0 aliphatic heterocycles. The molecule has 0 aliphatic rings. The molecule has 0 aliphatic carbocycles. The Balaban J connectivity index is 1.58. The average molecular weight is 420 g/mol. The lowest BCUT2D eigenvalue weighted by molar-refractivity contribution is -0.176. The van der Waals surface area contributed by atoms with Gasteiger partial charge < -0.3 is 13.9 Å². The first kappa shape index (κ1) is 21.5. The molecule has 1 unspecified atom stereocenters. The Labute approximate surface area is 170 Å². The number of benzene rings is 2. The Kier molecular flexibility index (Phi) is 6.51. The lowest BCUT2D eigenvalue weighted by Crippen LogP contribution is -2.16. The van der Waals surface area contributed by atoms with E-state index in [1.165, 1.54) is 24.3 Å². The van der Waals surface area contributed by atoms with Crippen LogP contribution in [0.25, 0.3) is 11.5 Å². The van der Waals surface area contributed by atoms with Crippen molar-refractivity contribution in [3.05, 3.63) is 71.1 Å². The number of aryl methyl sites for hydroxylation is 1. The van der Waals surface area contributed by atoms with Gasteiger partial charge in [0.1, 0.15) is 6.61 Å². The van der Waals surface area contributed by atoms with Gasteiger partial charge in [-0.15, -0.1) is 10.2 Å². The zero-order valence-corrected chi connectivity index (χ0v) is 16.3. The largest absolute Gasteiger partial charge is 0.449 e. The zero-order chi connectivity index (χ0) is 21.7. The summed E-state index contributed by atoms with van der Waals surface area (Å²) in [6.07, 6.45) is -5.16. The van der Waals surface area contributed by atoms with Crippen LogP contribution in [0.5, 0.6) is 0 Å². The molecule has 0 N–H and O–H groups in total. The second-order valence-electron chi connectivity index (χ2n) is 6.67. The minimum absolute atomic E-state index is 0.150. The van der Waals surface area contributed by atoms with Gasteiger partial charge in [0.15, 0.2) is 6.10 Å². The number of aromatic nitrogens is 2. The topological polar surface area (TPSA) is 74.5 Å². The molecule has 0 saturated carbocycles. The van der Waals surface area contributed by atoms with E-state index in [0.717, 1.165) is 11.1 Å². The van der Waals surface area contributed by atoms with E-state index < -0.39 is 24.9 Å². The summed E-state index contributed by atoms with van der Waals surface area (Å²) in [6, 6.07) is 13.4. The molecule has 0 fully saturated rings. The van der Waals surface area contributed by atoms with Gasteiger partial charge in [-0.3, -0.25) is 0 Å². The predicted molar refractivity (Wildman–Crippen MR) is 100 cm³/mol. The second kappa shape index (κ2) is 9.08. The molecule has 0 amide bonds. The number of rotatable bonds is 7. The maximum Gasteiger partial charge on any atom is 0.411 e. The summed E-state index contributed by atoms with van der Waals surface area (Å²) in [7, 11) is 0. The van der Waals surface area contributed by atoms with Crippen LogP contribution in [-0.4, -0.2) is 28.9 Å². The third kappa shape index (κ3) is 5.90. The van der Waals surface area contributed by atoms with Crippen molar-refractivity contribution in [2.45, 2.75) is 32.7 Å². The van der Waals surface area contributed by atoms with Gasteiger partial charge in [-0.25, -0.2) is 4.79 Å². The fraction of sp³-hybridized carbons (Fsp3) is 0.286. The standard InChI is InChI=1S/C21H19F3N2O4/c1-13-4-3-5-17(10-13)19-26-25-18(30-19)14(2)29-20(27)16-8-6-15(7-9-16)11-28-12-21(22,23)24/h3-10,14H,11-12H2,1-2H3. The highest BCUT2D eigenvalue weighted by atomic mass is 19.4. The van der Waals surface area contributed by atoms with Crippen LogP contribution in [0, 0.1) is 6.92 Å². The first-order valence-corrected chi connectivity index (χ1v) is 9.06. The normalized spacial score (nSPS) is 12.6. The highest BCUT2D eigenvalue weighted by molar-refractivity contribution is 5.89. The van der Waals surface area contributed by atoms with Crippen molar-refractivity contribution >= 4 is 5.97 Å². The summed E-state index contributed by atoms with van der Waals surface area (Å²) in [5.74, 6) is -0.155. The van der Waals surface area contributed by atoms with E-state index in [0.29, 0.717) is 11.5 Å². The number of ether oxygens (including phenoxy) is 2. The predicted octanol–water partition coefficient (Wildman–Crippen LogP) is 5.04. The number of carbonyl (C=O) groups is 1. The Morgan fingerprint density at radius 3 is 2.53 bits per heavy atom. The Morgan fingerprint density at radius 1 is 1.13 bits per heavy atom. The van der Waals surface area contributed by atoms with Gasteiger partial charge in [0.2, 0.25) is 5.89 Å². The zero-order valence-electron chi connectivity index (χ0n) is 16.3. The monoisotopic (exact) mass is 420 g/mol. The van der Waals surface area contributed by atoms with Gasteiger partial charge >= 0.3 is 12.1 Å². The van der Waals surface area contributed by atoms with Crippen LogP contribution < -0.4 is 0 Å². The van der Waals surface area contributed by atoms with E-state index in [-0.39, 0.29) is 18.1 Å². The fourth-order valence-electron chi connectivity index (χ4n) is 2.59. The van der Waals surface area contributed by atoms with Crippen LogP contribution in [0.3, 0.4) is 0 Å². The van der Waals surface area contributed by atoms with Crippen molar-refractivity contribution in [3.8, 4) is 11.5 Å². The summed E-state index contributed by atoms with van der Waals surface area (Å²) in [5, 5.41) is 7.92. The SMILES string of the molecule is Cc1cccc(-c2nnc(C(C)OC(=O)c3ccc(COCC(F)(F)F)cc3)o2)c1. The van der Waals surface area contributed by atoms with Crippen molar-refractivity contribution < 1.29 is 31.9 Å². The van der Waals surface area contributed by atoms with Gasteiger partial charge in [0, 0.05) is 5.56 Å². The molecule has 3 aromatic rings. The second-order valence-corrected chi connectivity index (χ2v) is 6.67. The molecule has 0 bridgehead atoms. The summed E-state index contributed by atoms with van der Waals surface area (Å²) in [4.78, 5) is 12.3. The summed E-state index contributed by atoms with van der Waals surface area (Å²) < 4.78 is 51.8. The number of hydrogen-bond acceptors (Lipinski definition) is 6. The van der Waals surface area contributed by atoms with Gasteiger partial charge in [0.05, 0.1) is 12.2 Å². The molecule has 0 radical (unpaired) electrons. The van der Waals surface area contributed by atoms with Crippen molar-refractivity contribution in [1.29, 1.82) is 0 Å². The molecular weight excluding hydrogens is 401 g/mol. The minimum Gasteiger partial charge on any atom is -0.449 e. The molecule has 30 heavy (non-hydrogen) atoms. The molecule has 158 valence electrons. The van der Waals surface area contributed by atoms with E-state index in [1.54, 1.807) is 6.92 Å². The molecule has 6 nitrogen and oxygen atoms in total. The maximum atomic E-state index is 12.3. The summed E-state index contributed by atoms with van der Waals surface area (Å²) >= 11 is 0. The molecule has 9 heteroatoms. The van der Waals surface area contributed by atoms with Crippen LogP contribution in [0.15, 0.2) is 52.9 Å². The Bertz CT molecular complexity index is 1000. The minimum atomic E-state index is -4.38. The van der Waals surface area contributed by atoms with Crippen molar-refractivity contribution in [3.63, 3.8) is 0 Å². The van der Waals surface area contributed by atoms with Gasteiger partial charge in [-0.1, -0.05) is 29.8 Å². The van der Waals surface area contributed by atoms with Gasteiger partial charge in [-0.05, 0) is 43.7 Å². The summed E-state index contributed by atoms with van der Waals surface area (Å²) in [6.45, 7) is 2.00. The summed E-state index contributed by atoms with van der Waals surface area (Å²) in [5.41, 5.74) is 2.54. The van der Waals surface area contributed by atoms with Crippen molar-refractivity contribution in [1.82, 2.24) is 10.2 Å². The van der Waals surface area contributed by atoms with Gasteiger partial charge in [0.25, 0.3) is 5.89 Å². The molecule has 3 rings (SSSR count). The van der Waals surface area contributed by atoms with E-state index in [9.17, 15) is 18.0 Å². The molecule has 2 aromatic carbocycles. The number of esters is 1. The Morgan fingerprint density at radius 2 is 1.87 bits per heavy atom. The third-order valence-corrected chi connectivity index (χ3v) is 4.06. The van der Waals surface area contributed by atoms with Gasteiger partial charge in [-0.2, -0.15) is 13.2 Å². The Hall–Kier alpha value is -3.20. The third-order valence-electron chi connectivity index (χ3n) is 4.06. The van der Waals surface area contributed by atoms with E-state index in [4.69, 9.17) is 9.15 Å². The number of nitrogens with zero attached hydrogens (tertiary/aromatic N) is 2. The van der Waals surface area contributed by atoms with Crippen LogP contribution in [0.4, 0.5) is 13.2 Å². The molecule has 0 saturated heterocycles. The molecule has 0 spiro atoms. The average Bonchev–Trinajstić information content (AvgIpc) is 3.18. The number of hydrogen-bond donors (Lipinski definition) is 0. The smallest absolute Gasteiger partial charge is 0.411 e. The molecule has 1 atom stereocenters. The van der Waals surface area contributed by atoms with Crippen LogP contribution in [0.1, 0.15) is 40.4 Å². The van der Waals surface area contributed by atoms with Crippen LogP contribution in [0.2, 0.25) is 0 Å². The first-order chi connectivity index (χ1) is 14.2. The van der Waals surface area contributed by atoms with E-state index in [1.807, 2.05) is 31.2 Å². The number of carbonyl (C=O) groups excluding carboxylic acids is 1. The fourth-order valence-corrected chi connectivity index (χ4v) is 2.59. The van der Waals surface area contributed by atoms with E-state index in [2.05, 4.69) is 14.9 Å². The quantitative estimate of drug-likeness (QED) is 0.499. The number of halogens is 3. The van der Waals surface area contributed by atoms with Crippen molar-refractivity contribution in [2.24, 2.45) is 0 Å². The highest BCUT2D eigenvalue weighted by Gasteiger charge is 2.27. The first-order valence-electron chi connectivity index (χ1n) is 9.06. The van der Waals surface area contributed by atoms with Crippen LogP contribution in [-0.2, 0) is 16.1 Å². The number of alkyl halides is 3. The maximum absolute atomic E-state index is 12.3. The van der Waals surface area contributed by atoms with Crippen LogP contribution >= 0.6 is 0 Å². The highest BCUT2D eigenvalue weighted by Crippen LogP contribution is 2.24.